The highest BCUT2D eigenvalue weighted by Gasteiger charge is 2.40. The van der Waals surface area contributed by atoms with Gasteiger partial charge in [-0.3, -0.25) is 4.79 Å². The Balaban J connectivity index is 1.57. The van der Waals surface area contributed by atoms with Crippen LogP contribution < -0.4 is 5.73 Å². The number of nitrogens with two attached hydrogens (primary N) is 1. The lowest BCUT2D eigenvalue weighted by Crippen LogP contribution is -2.59. The minimum absolute atomic E-state index is 0.0495. The molecule has 0 aliphatic carbocycles. The highest BCUT2D eigenvalue weighted by atomic mass is 16.5. The molecule has 1 aromatic rings. The molecule has 3 rings (SSSR count). The van der Waals surface area contributed by atoms with E-state index in [0.29, 0.717) is 39.1 Å². The van der Waals surface area contributed by atoms with E-state index >= 15 is 0 Å². The quantitative estimate of drug-likeness (QED) is 0.885. The van der Waals surface area contributed by atoms with Crippen LogP contribution >= 0.6 is 0 Å². The molecule has 3 N–H and O–H groups in total. The van der Waals surface area contributed by atoms with Crippen molar-refractivity contribution in [2.24, 2.45) is 11.7 Å². The van der Waals surface area contributed by atoms with Crippen molar-refractivity contribution < 1.29 is 14.6 Å². The molecule has 2 saturated heterocycles. The highest BCUT2D eigenvalue weighted by Crippen LogP contribution is 2.32. The molecule has 2 heterocycles. The molecular weight excluding hydrogens is 292 g/mol. The van der Waals surface area contributed by atoms with Crippen LogP contribution in [0.25, 0.3) is 0 Å². The maximum atomic E-state index is 12.7. The predicted octanol–water partition coefficient (Wildman–Crippen LogP) is 1.47. The summed E-state index contributed by atoms with van der Waals surface area (Å²) >= 11 is 0. The van der Waals surface area contributed by atoms with Crippen molar-refractivity contribution in [3.63, 3.8) is 0 Å². The molecule has 1 aromatic carbocycles. The van der Waals surface area contributed by atoms with Gasteiger partial charge in [-0.1, -0.05) is 30.3 Å². The zero-order valence-corrected chi connectivity index (χ0v) is 13.5. The van der Waals surface area contributed by atoms with Crippen molar-refractivity contribution in [1.29, 1.82) is 0 Å². The Kier molecular flexibility index (Phi) is 4.99. The Morgan fingerprint density at radius 3 is 2.43 bits per heavy atom. The Morgan fingerprint density at radius 2 is 1.83 bits per heavy atom. The second-order valence-corrected chi connectivity index (χ2v) is 6.75. The number of carbonyl (C=O) groups excluding carboxylic acids is 1. The Labute approximate surface area is 137 Å². The first-order valence-electron chi connectivity index (χ1n) is 8.49. The lowest BCUT2D eigenvalue weighted by molar-refractivity contribution is -0.142. The molecule has 126 valence electrons. The van der Waals surface area contributed by atoms with Gasteiger partial charge in [0.05, 0.1) is 11.6 Å². The fraction of sp³-hybridized carbons (Fsp3) is 0.611. The van der Waals surface area contributed by atoms with Crippen LogP contribution in [0.4, 0.5) is 0 Å². The molecule has 2 fully saturated rings. The number of aliphatic hydroxyl groups excluding tert-OH is 1. The van der Waals surface area contributed by atoms with Gasteiger partial charge in [0, 0.05) is 26.3 Å². The molecule has 5 heteroatoms. The second kappa shape index (κ2) is 6.99. The third-order valence-electron chi connectivity index (χ3n) is 5.23. The third-order valence-corrected chi connectivity index (χ3v) is 5.23. The van der Waals surface area contributed by atoms with E-state index in [4.69, 9.17) is 10.5 Å². The molecule has 0 bridgehead atoms. The average Bonchev–Trinajstić information content (AvgIpc) is 2.62. The van der Waals surface area contributed by atoms with E-state index in [1.54, 1.807) is 0 Å². The molecule has 23 heavy (non-hydrogen) atoms. The Morgan fingerprint density at radius 1 is 1.22 bits per heavy atom. The second-order valence-electron chi connectivity index (χ2n) is 6.75. The van der Waals surface area contributed by atoms with Gasteiger partial charge in [-0.05, 0) is 37.2 Å². The van der Waals surface area contributed by atoms with Crippen LogP contribution in [0, 0.1) is 5.92 Å². The molecule has 2 aliphatic heterocycles. The van der Waals surface area contributed by atoms with Gasteiger partial charge in [0.25, 0.3) is 0 Å². The van der Waals surface area contributed by atoms with E-state index in [9.17, 15) is 9.90 Å². The summed E-state index contributed by atoms with van der Waals surface area (Å²) in [5.74, 6) is 0.248. The van der Waals surface area contributed by atoms with Crippen LogP contribution in [-0.4, -0.2) is 47.8 Å². The molecule has 2 aliphatic rings. The molecule has 1 atom stereocenters. The van der Waals surface area contributed by atoms with Gasteiger partial charge in [-0.2, -0.15) is 0 Å². The van der Waals surface area contributed by atoms with Crippen molar-refractivity contribution in [2.75, 3.05) is 26.3 Å². The number of piperidine rings is 1. The zero-order chi connectivity index (χ0) is 16.3. The topological polar surface area (TPSA) is 75.8 Å². The molecule has 1 amide bonds. The summed E-state index contributed by atoms with van der Waals surface area (Å²) in [5.41, 5.74) is 6.49. The van der Waals surface area contributed by atoms with Crippen LogP contribution in [0.5, 0.6) is 0 Å². The summed E-state index contributed by atoms with van der Waals surface area (Å²) in [6.45, 7) is 2.47. The lowest BCUT2D eigenvalue weighted by Gasteiger charge is -2.40. The van der Waals surface area contributed by atoms with Crippen molar-refractivity contribution >= 4 is 5.91 Å². The molecular formula is C18H26N2O3. The number of rotatable bonds is 3. The molecule has 0 radical (unpaired) electrons. The summed E-state index contributed by atoms with van der Waals surface area (Å²) in [6.07, 6.45) is 2.36. The van der Waals surface area contributed by atoms with E-state index in [2.05, 4.69) is 0 Å². The maximum Gasteiger partial charge on any atom is 0.242 e. The normalized spacial score (nSPS) is 23.5. The Hall–Kier alpha value is -1.43. The molecule has 1 unspecified atom stereocenters. The van der Waals surface area contributed by atoms with E-state index < -0.39 is 11.6 Å². The first-order chi connectivity index (χ1) is 11.1. The van der Waals surface area contributed by atoms with Gasteiger partial charge in [0.1, 0.15) is 0 Å². The fourth-order valence-corrected chi connectivity index (χ4v) is 3.61. The number of hydrogen-bond donors (Lipinski definition) is 2. The minimum atomic E-state index is -0.761. The van der Waals surface area contributed by atoms with Gasteiger partial charge in [0.15, 0.2) is 0 Å². The van der Waals surface area contributed by atoms with Gasteiger partial charge in [0.2, 0.25) is 5.91 Å². The van der Waals surface area contributed by atoms with E-state index in [-0.39, 0.29) is 11.8 Å². The highest BCUT2D eigenvalue weighted by molar-refractivity contribution is 5.86. The van der Waals surface area contributed by atoms with Crippen molar-refractivity contribution in [3.05, 3.63) is 35.9 Å². The van der Waals surface area contributed by atoms with E-state index in [1.165, 1.54) is 0 Å². The molecule has 0 spiro atoms. The number of amides is 1. The SMILES string of the molecule is NC1(C(=O)N2CCC(C(O)c3ccccc3)CC2)CCOCC1. The summed E-state index contributed by atoms with van der Waals surface area (Å²) in [5, 5.41) is 10.5. The summed E-state index contributed by atoms with van der Waals surface area (Å²) in [6, 6.07) is 9.76. The average molecular weight is 318 g/mol. The van der Waals surface area contributed by atoms with Crippen LogP contribution in [0.15, 0.2) is 30.3 Å². The van der Waals surface area contributed by atoms with E-state index in [1.807, 2.05) is 35.2 Å². The lowest BCUT2D eigenvalue weighted by atomic mass is 9.85. The molecule has 5 nitrogen and oxygen atoms in total. The predicted molar refractivity (Wildman–Crippen MR) is 87.7 cm³/mol. The van der Waals surface area contributed by atoms with Crippen molar-refractivity contribution in [3.8, 4) is 0 Å². The summed E-state index contributed by atoms with van der Waals surface area (Å²) < 4.78 is 5.32. The monoisotopic (exact) mass is 318 g/mol. The van der Waals surface area contributed by atoms with Gasteiger partial charge in [-0.25, -0.2) is 0 Å². The standard InChI is InChI=1S/C18H26N2O3/c19-18(8-12-23-13-9-18)17(22)20-10-6-15(7-11-20)16(21)14-4-2-1-3-5-14/h1-5,15-16,21H,6-13,19H2. The number of nitrogens with zero attached hydrogens (tertiary/aromatic N) is 1. The first kappa shape index (κ1) is 16.4. The number of benzene rings is 1. The van der Waals surface area contributed by atoms with E-state index in [0.717, 1.165) is 18.4 Å². The fourth-order valence-electron chi connectivity index (χ4n) is 3.61. The number of ether oxygens (including phenoxy) is 1. The number of aliphatic hydroxyl groups is 1. The van der Waals surface area contributed by atoms with Crippen LogP contribution in [0.3, 0.4) is 0 Å². The molecule has 0 saturated carbocycles. The van der Waals surface area contributed by atoms with Crippen molar-refractivity contribution in [1.82, 2.24) is 4.90 Å². The van der Waals surface area contributed by atoms with Crippen LogP contribution in [-0.2, 0) is 9.53 Å². The maximum absolute atomic E-state index is 12.7. The van der Waals surface area contributed by atoms with Crippen LogP contribution in [0.2, 0.25) is 0 Å². The zero-order valence-electron chi connectivity index (χ0n) is 13.5. The summed E-state index contributed by atoms with van der Waals surface area (Å²) in [4.78, 5) is 14.6. The van der Waals surface area contributed by atoms with Crippen molar-refractivity contribution in [2.45, 2.75) is 37.3 Å². The largest absolute Gasteiger partial charge is 0.388 e. The first-order valence-corrected chi connectivity index (χ1v) is 8.49. The number of likely N-dealkylation sites (tertiary alicyclic amines) is 1. The summed E-state index contributed by atoms with van der Waals surface area (Å²) in [7, 11) is 0. The van der Waals surface area contributed by atoms with Gasteiger partial charge in [-0.15, -0.1) is 0 Å². The Bertz CT molecular complexity index is 520. The van der Waals surface area contributed by atoms with Gasteiger partial charge >= 0.3 is 0 Å². The number of carbonyl (C=O) groups is 1. The third kappa shape index (κ3) is 3.57. The smallest absolute Gasteiger partial charge is 0.242 e. The molecule has 0 aromatic heterocycles. The van der Waals surface area contributed by atoms with Gasteiger partial charge < -0.3 is 20.5 Å². The number of hydrogen-bond acceptors (Lipinski definition) is 4. The minimum Gasteiger partial charge on any atom is -0.388 e. The van der Waals surface area contributed by atoms with Crippen LogP contribution in [0.1, 0.15) is 37.4 Å².